The largest absolute Gasteiger partial charge is 0.372 e. The van der Waals surface area contributed by atoms with Crippen LogP contribution in [0.3, 0.4) is 0 Å². The second-order valence-corrected chi connectivity index (χ2v) is 8.02. The van der Waals surface area contributed by atoms with Gasteiger partial charge in [0.05, 0.1) is 26.4 Å². The summed E-state index contributed by atoms with van der Waals surface area (Å²) < 4.78 is 12.3. The third-order valence-corrected chi connectivity index (χ3v) is 5.93. The van der Waals surface area contributed by atoms with Crippen molar-refractivity contribution < 1.29 is 9.47 Å². The lowest BCUT2D eigenvalue weighted by atomic mass is 9.97. The molecule has 0 atom stereocenters. The van der Waals surface area contributed by atoms with E-state index in [-0.39, 0.29) is 0 Å². The van der Waals surface area contributed by atoms with Crippen LogP contribution >= 0.6 is 0 Å². The minimum atomic E-state index is 0.586. The summed E-state index contributed by atoms with van der Waals surface area (Å²) in [5.74, 6) is 0. The number of rotatable bonds is 8. The Bertz CT molecular complexity index is 1150. The van der Waals surface area contributed by atoms with E-state index >= 15 is 0 Å². The average molecular weight is 407 g/mol. The summed E-state index contributed by atoms with van der Waals surface area (Å²) in [6, 6.07) is 33.9. The van der Waals surface area contributed by atoms with Crippen LogP contribution in [0, 0.1) is 0 Å². The molecule has 0 aromatic heterocycles. The highest BCUT2D eigenvalue weighted by molar-refractivity contribution is 5.78. The van der Waals surface area contributed by atoms with E-state index in [0.29, 0.717) is 26.4 Å². The molecule has 0 unspecified atom stereocenters. The van der Waals surface area contributed by atoms with Crippen molar-refractivity contribution in [2.45, 2.75) is 32.8 Å². The zero-order valence-corrected chi connectivity index (χ0v) is 17.6. The van der Waals surface area contributed by atoms with Gasteiger partial charge in [-0.25, -0.2) is 0 Å². The maximum atomic E-state index is 6.18. The van der Waals surface area contributed by atoms with E-state index in [4.69, 9.17) is 9.47 Å². The smallest absolute Gasteiger partial charge is 0.0727 e. The molecule has 0 spiro atoms. The fourth-order valence-electron chi connectivity index (χ4n) is 4.34. The van der Waals surface area contributed by atoms with Crippen molar-refractivity contribution in [3.63, 3.8) is 0 Å². The van der Waals surface area contributed by atoms with Crippen LogP contribution in [0.2, 0.25) is 0 Å². The Hall–Kier alpha value is -3.20. The molecule has 0 bridgehead atoms. The van der Waals surface area contributed by atoms with Gasteiger partial charge in [0.1, 0.15) is 0 Å². The van der Waals surface area contributed by atoms with Gasteiger partial charge in [-0.15, -0.1) is 0 Å². The van der Waals surface area contributed by atoms with Crippen LogP contribution in [-0.4, -0.2) is 0 Å². The highest BCUT2D eigenvalue weighted by Crippen LogP contribution is 2.39. The number of ether oxygens (including phenoxy) is 2. The maximum absolute atomic E-state index is 6.18. The molecule has 31 heavy (non-hydrogen) atoms. The SMILES string of the molecule is c1ccc(COCc2ccc3c(c2COCc2ccccc2)Cc2ccccc2-3)cc1. The second-order valence-electron chi connectivity index (χ2n) is 8.02. The van der Waals surface area contributed by atoms with Gasteiger partial charge in [0, 0.05) is 0 Å². The Morgan fingerprint density at radius 3 is 1.84 bits per heavy atom. The zero-order valence-electron chi connectivity index (χ0n) is 17.6. The maximum Gasteiger partial charge on any atom is 0.0727 e. The topological polar surface area (TPSA) is 18.5 Å². The molecule has 0 heterocycles. The highest BCUT2D eigenvalue weighted by Gasteiger charge is 2.22. The zero-order chi connectivity index (χ0) is 20.9. The molecule has 2 heteroatoms. The van der Waals surface area contributed by atoms with Crippen LogP contribution < -0.4 is 0 Å². The minimum absolute atomic E-state index is 0.586. The number of hydrogen-bond acceptors (Lipinski definition) is 2. The highest BCUT2D eigenvalue weighted by atomic mass is 16.5. The fourth-order valence-corrected chi connectivity index (χ4v) is 4.34. The monoisotopic (exact) mass is 406 g/mol. The molecule has 1 aliphatic carbocycles. The van der Waals surface area contributed by atoms with Gasteiger partial charge >= 0.3 is 0 Å². The van der Waals surface area contributed by atoms with Gasteiger partial charge in [-0.3, -0.25) is 0 Å². The lowest BCUT2D eigenvalue weighted by Crippen LogP contribution is -2.05. The molecule has 4 aromatic carbocycles. The van der Waals surface area contributed by atoms with Gasteiger partial charge in [0.25, 0.3) is 0 Å². The van der Waals surface area contributed by atoms with Crippen LogP contribution in [0.4, 0.5) is 0 Å². The van der Waals surface area contributed by atoms with Crippen molar-refractivity contribution in [3.05, 3.63) is 130 Å². The van der Waals surface area contributed by atoms with Gasteiger partial charge < -0.3 is 9.47 Å². The van der Waals surface area contributed by atoms with Gasteiger partial charge in [-0.2, -0.15) is 0 Å². The summed E-state index contributed by atoms with van der Waals surface area (Å²) in [6.07, 6.45) is 0.960. The van der Waals surface area contributed by atoms with Crippen molar-refractivity contribution in [2.24, 2.45) is 0 Å². The van der Waals surface area contributed by atoms with Crippen LogP contribution in [-0.2, 0) is 42.3 Å². The first kappa shape index (κ1) is 19.7. The third kappa shape index (κ3) is 4.46. The molecule has 2 nitrogen and oxygen atoms in total. The van der Waals surface area contributed by atoms with Gasteiger partial charge in [-0.1, -0.05) is 97.1 Å². The summed E-state index contributed by atoms with van der Waals surface area (Å²) in [6.45, 7) is 2.41. The van der Waals surface area contributed by atoms with E-state index in [1.807, 2.05) is 24.3 Å². The Morgan fingerprint density at radius 2 is 1.13 bits per heavy atom. The molecular formula is C29H26O2. The molecule has 0 fully saturated rings. The molecule has 1 aliphatic rings. The first-order valence-corrected chi connectivity index (χ1v) is 10.8. The molecule has 0 N–H and O–H groups in total. The second kappa shape index (κ2) is 9.30. The van der Waals surface area contributed by atoms with Gasteiger partial charge in [-0.05, 0) is 50.9 Å². The quantitative estimate of drug-likeness (QED) is 0.286. The lowest BCUT2D eigenvalue weighted by Gasteiger charge is -2.16. The third-order valence-electron chi connectivity index (χ3n) is 5.93. The Morgan fingerprint density at radius 1 is 0.516 bits per heavy atom. The summed E-state index contributed by atoms with van der Waals surface area (Å²) in [7, 11) is 0. The van der Waals surface area contributed by atoms with Crippen LogP contribution in [0.1, 0.15) is 33.4 Å². The first-order valence-electron chi connectivity index (χ1n) is 10.8. The predicted molar refractivity (Wildman–Crippen MR) is 125 cm³/mol. The van der Waals surface area contributed by atoms with Crippen LogP contribution in [0.5, 0.6) is 0 Å². The van der Waals surface area contributed by atoms with E-state index in [0.717, 1.165) is 6.42 Å². The summed E-state index contributed by atoms with van der Waals surface area (Å²) in [5.41, 5.74) is 10.3. The minimum Gasteiger partial charge on any atom is -0.372 e. The molecule has 154 valence electrons. The van der Waals surface area contributed by atoms with Crippen LogP contribution in [0.15, 0.2) is 97.1 Å². The normalized spacial score (nSPS) is 11.9. The molecule has 0 radical (unpaired) electrons. The predicted octanol–water partition coefficient (Wildman–Crippen LogP) is 6.69. The van der Waals surface area contributed by atoms with E-state index < -0.39 is 0 Å². The van der Waals surface area contributed by atoms with Crippen molar-refractivity contribution in [1.29, 1.82) is 0 Å². The van der Waals surface area contributed by atoms with Crippen LogP contribution in [0.25, 0.3) is 11.1 Å². The molecule has 0 saturated heterocycles. The van der Waals surface area contributed by atoms with Gasteiger partial charge in [0.15, 0.2) is 0 Å². The number of benzene rings is 4. The number of fused-ring (bicyclic) bond motifs is 3. The number of hydrogen-bond donors (Lipinski definition) is 0. The van der Waals surface area contributed by atoms with Gasteiger partial charge in [0.2, 0.25) is 0 Å². The first-order chi connectivity index (χ1) is 15.4. The standard InChI is InChI=1S/C29H26O2/c1-3-9-22(10-4-1)18-30-20-25-15-16-27-26-14-8-7-13-24(26)17-28(27)29(25)21-31-19-23-11-5-2-6-12-23/h1-16H,17-21H2. The van der Waals surface area contributed by atoms with Crippen molar-refractivity contribution >= 4 is 0 Å². The molecular weight excluding hydrogens is 380 g/mol. The molecule has 0 saturated carbocycles. The Kier molecular flexibility index (Phi) is 5.92. The fraction of sp³-hybridized carbons (Fsp3) is 0.172. The van der Waals surface area contributed by atoms with E-state index in [9.17, 15) is 0 Å². The van der Waals surface area contributed by atoms with Crippen molar-refractivity contribution in [2.75, 3.05) is 0 Å². The summed E-state index contributed by atoms with van der Waals surface area (Å²) in [5, 5.41) is 0. The lowest BCUT2D eigenvalue weighted by molar-refractivity contribution is 0.0931. The average Bonchev–Trinajstić information content (AvgIpc) is 3.20. The van der Waals surface area contributed by atoms with Crippen molar-refractivity contribution in [1.82, 2.24) is 0 Å². The molecule has 0 amide bonds. The molecule has 5 rings (SSSR count). The Balaban J connectivity index is 1.37. The van der Waals surface area contributed by atoms with E-state index in [1.165, 1.54) is 44.5 Å². The molecule has 0 aliphatic heterocycles. The van der Waals surface area contributed by atoms with E-state index in [2.05, 4.69) is 72.8 Å². The molecule has 4 aromatic rings. The Labute approximate surface area is 184 Å². The summed E-state index contributed by atoms with van der Waals surface area (Å²) >= 11 is 0. The van der Waals surface area contributed by atoms with Crippen molar-refractivity contribution in [3.8, 4) is 11.1 Å². The summed E-state index contributed by atoms with van der Waals surface area (Å²) in [4.78, 5) is 0. The van der Waals surface area contributed by atoms with E-state index in [1.54, 1.807) is 0 Å².